The Hall–Kier alpha value is -4.97. The van der Waals surface area contributed by atoms with E-state index in [0.29, 0.717) is 23.7 Å². The van der Waals surface area contributed by atoms with Crippen molar-refractivity contribution < 1.29 is 8.78 Å². The van der Waals surface area contributed by atoms with Crippen molar-refractivity contribution >= 4 is 44.1 Å². The Morgan fingerprint density at radius 1 is 0.706 bits per heavy atom. The first-order valence-electron chi connectivity index (χ1n) is 17.9. The van der Waals surface area contributed by atoms with Crippen molar-refractivity contribution in [3.05, 3.63) is 137 Å². The molecule has 51 heavy (non-hydrogen) atoms. The molecule has 7 rings (SSSR count). The van der Waals surface area contributed by atoms with Crippen LogP contribution in [0.5, 0.6) is 0 Å². The van der Waals surface area contributed by atoms with E-state index in [9.17, 15) is 8.78 Å². The Bertz CT molecular complexity index is 2150. The largest absolute Gasteiger partial charge is 0.404 e. The van der Waals surface area contributed by atoms with Crippen LogP contribution < -0.4 is 5.73 Å². The minimum Gasteiger partial charge on any atom is -0.404 e. The lowest BCUT2D eigenvalue weighted by Gasteiger charge is -2.15. The van der Waals surface area contributed by atoms with Crippen LogP contribution in [0.25, 0.3) is 37.9 Å². The maximum absolute atomic E-state index is 13.3. The second kappa shape index (κ2) is 16.8. The van der Waals surface area contributed by atoms with Gasteiger partial charge in [0.1, 0.15) is 0 Å². The molecule has 0 bridgehead atoms. The minimum atomic E-state index is -2.37. The van der Waals surface area contributed by atoms with E-state index in [0.717, 1.165) is 46.0 Å². The quantitative estimate of drug-likeness (QED) is 0.170. The van der Waals surface area contributed by atoms with Crippen LogP contribution in [0.15, 0.2) is 109 Å². The number of nitrogens with zero attached hydrogens (tertiary/aromatic N) is 3. The predicted octanol–water partition coefficient (Wildman–Crippen LogP) is 12.5. The summed E-state index contributed by atoms with van der Waals surface area (Å²) in [5, 5.41) is 7.02. The van der Waals surface area contributed by atoms with E-state index in [1.54, 1.807) is 19.3 Å². The number of halogens is 2. The normalized spacial score (nSPS) is 13.4. The number of hydrogen-bond donors (Lipinski definition) is 1. The minimum absolute atomic E-state index is 0.239. The number of benzene rings is 4. The molecule has 2 N–H and O–H groups in total. The van der Waals surface area contributed by atoms with Crippen LogP contribution in [0.2, 0.25) is 0 Å². The predicted molar refractivity (Wildman–Crippen MR) is 213 cm³/mol. The van der Waals surface area contributed by atoms with Gasteiger partial charge in [-0.2, -0.15) is 0 Å². The number of hydrogen-bond acceptors (Lipinski definition) is 4. The van der Waals surface area contributed by atoms with Gasteiger partial charge in [0, 0.05) is 60.0 Å². The second-order valence-electron chi connectivity index (χ2n) is 14.2. The SMILES string of the molecule is CC(C)c1cccc2cc(C3CC3)c(C(F)F)cc12.CC(C)c1cccc2ccncc12.CN=C/C(=C\N)c1cc2cccc(C(C)C)c2cn1. The average Bonchev–Trinajstić information content (AvgIpc) is 3.98. The summed E-state index contributed by atoms with van der Waals surface area (Å²) in [6.07, 6.45) is 8.70. The summed E-state index contributed by atoms with van der Waals surface area (Å²) in [5.41, 5.74) is 12.3. The molecule has 0 unspecified atom stereocenters. The molecule has 6 aromatic rings. The number of aromatic nitrogens is 2. The van der Waals surface area contributed by atoms with Gasteiger partial charge < -0.3 is 5.73 Å². The Kier molecular flexibility index (Phi) is 12.3. The van der Waals surface area contributed by atoms with Crippen LogP contribution in [0, 0.1) is 0 Å². The number of pyridine rings is 2. The highest BCUT2D eigenvalue weighted by Gasteiger charge is 2.29. The fourth-order valence-corrected chi connectivity index (χ4v) is 6.65. The average molecular weight is 685 g/mol. The Morgan fingerprint density at radius 3 is 1.78 bits per heavy atom. The number of alkyl halides is 2. The molecule has 4 aromatic carbocycles. The molecule has 1 aliphatic rings. The summed E-state index contributed by atoms with van der Waals surface area (Å²) in [6.45, 7) is 13.0. The summed E-state index contributed by atoms with van der Waals surface area (Å²) in [4.78, 5) is 12.7. The van der Waals surface area contributed by atoms with Gasteiger partial charge in [0.25, 0.3) is 6.43 Å². The number of allylic oxidation sites excluding steroid dienone is 1. The number of nitrogens with two attached hydrogens (primary N) is 1. The summed E-state index contributed by atoms with van der Waals surface area (Å²) in [7, 11) is 1.72. The van der Waals surface area contributed by atoms with Crippen LogP contribution >= 0.6 is 0 Å². The summed E-state index contributed by atoms with van der Waals surface area (Å²) in [5.74, 6) is 1.75. The third-order valence-corrected chi connectivity index (χ3v) is 9.50. The Balaban J connectivity index is 0.000000151. The molecule has 0 aliphatic heterocycles. The molecule has 0 amide bonds. The first-order chi connectivity index (χ1) is 24.5. The van der Waals surface area contributed by atoms with Crippen molar-refractivity contribution in [2.75, 3.05) is 7.05 Å². The van der Waals surface area contributed by atoms with Gasteiger partial charge in [0.05, 0.1) is 5.69 Å². The number of fused-ring (bicyclic) bond motifs is 3. The van der Waals surface area contributed by atoms with Crippen LogP contribution in [0.4, 0.5) is 8.78 Å². The number of rotatable bonds is 7. The van der Waals surface area contributed by atoms with E-state index < -0.39 is 6.43 Å². The molecule has 1 fully saturated rings. The van der Waals surface area contributed by atoms with E-state index >= 15 is 0 Å². The number of aliphatic imine (C=N–C) groups is 1. The van der Waals surface area contributed by atoms with E-state index in [1.165, 1.54) is 38.9 Å². The molecule has 6 heteroatoms. The van der Waals surface area contributed by atoms with Gasteiger partial charge in [-0.05, 0) is 98.5 Å². The van der Waals surface area contributed by atoms with Gasteiger partial charge in [0.15, 0.2) is 0 Å². The second-order valence-corrected chi connectivity index (χ2v) is 14.2. The van der Waals surface area contributed by atoms with Gasteiger partial charge in [-0.25, -0.2) is 8.78 Å². The lowest BCUT2D eigenvalue weighted by Crippen LogP contribution is -1.96. The fourth-order valence-electron chi connectivity index (χ4n) is 6.65. The molecule has 2 aromatic heterocycles. The standard InChI is InChI=1S/C17H18F2.C16H19N3.C12H13N/c1-10(2)13-5-3-4-12-8-14(11-6-7-11)16(17(18)19)9-15(12)13;1-11(2)14-6-4-5-12-7-16(19-10-15(12)14)13(8-17)9-18-3;1-9(2)11-5-3-4-10-6-7-13-8-12(10)11/h3-5,8-11,17H,6-7H2,1-2H3;4-11H,17H2,1-3H3;3-9H,1-2H3/b;13-8+,18-9?;. The van der Waals surface area contributed by atoms with E-state index in [-0.39, 0.29) is 5.56 Å². The molecule has 1 saturated carbocycles. The van der Waals surface area contributed by atoms with Crippen LogP contribution in [0.1, 0.15) is 118 Å². The lowest BCUT2D eigenvalue weighted by atomic mass is 9.91. The molecule has 264 valence electrons. The van der Waals surface area contributed by atoms with Gasteiger partial charge >= 0.3 is 0 Å². The third-order valence-electron chi connectivity index (χ3n) is 9.50. The van der Waals surface area contributed by atoms with Gasteiger partial charge in [0.2, 0.25) is 0 Å². The third kappa shape index (κ3) is 8.86. The first-order valence-corrected chi connectivity index (χ1v) is 17.9. The Labute approximate surface area is 301 Å². The van der Waals surface area contributed by atoms with Crippen LogP contribution in [-0.4, -0.2) is 23.2 Å². The first kappa shape index (κ1) is 37.3. The zero-order valence-corrected chi connectivity index (χ0v) is 30.9. The lowest BCUT2D eigenvalue weighted by molar-refractivity contribution is 0.150. The van der Waals surface area contributed by atoms with Gasteiger partial charge in [-0.3, -0.25) is 15.0 Å². The molecule has 0 radical (unpaired) electrons. The Morgan fingerprint density at radius 2 is 1.25 bits per heavy atom. The molecular weight excluding hydrogens is 635 g/mol. The summed E-state index contributed by atoms with van der Waals surface area (Å²) in [6, 6.07) is 26.7. The summed E-state index contributed by atoms with van der Waals surface area (Å²) >= 11 is 0. The van der Waals surface area contributed by atoms with E-state index in [4.69, 9.17) is 5.73 Å². The van der Waals surface area contributed by atoms with Gasteiger partial charge in [-0.15, -0.1) is 0 Å². The van der Waals surface area contributed by atoms with Gasteiger partial charge in [-0.1, -0.05) is 102 Å². The molecule has 0 spiro atoms. The highest BCUT2D eigenvalue weighted by atomic mass is 19.3. The molecule has 0 saturated heterocycles. The summed E-state index contributed by atoms with van der Waals surface area (Å²) < 4.78 is 26.6. The highest BCUT2D eigenvalue weighted by Crippen LogP contribution is 2.45. The molecule has 2 heterocycles. The van der Waals surface area contributed by atoms with Crippen LogP contribution in [-0.2, 0) is 0 Å². The maximum atomic E-state index is 13.3. The maximum Gasteiger partial charge on any atom is 0.264 e. The highest BCUT2D eigenvalue weighted by molar-refractivity contribution is 6.09. The van der Waals surface area contributed by atoms with Crippen molar-refractivity contribution in [1.82, 2.24) is 9.97 Å². The van der Waals surface area contributed by atoms with E-state index in [1.807, 2.05) is 42.9 Å². The smallest absolute Gasteiger partial charge is 0.264 e. The van der Waals surface area contributed by atoms with Crippen molar-refractivity contribution in [1.29, 1.82) is 0 Å². The monoisotopic (exact) mass is 684 g/mol. The molecule has 0 atom stereocenters. The molecule has 4 nitrogen and oxygen atoms in total. The van der Waals surface area contributed by atoms with Crippen molar-refractivity contribution in [2.24, 2.45) is 10.7 Å². The molecule has 1 aliphatic carbocycles. The molecular formula is C45H50F2N4. The fraction of sp³-hybridized carbons (Fsp3) is 0.311. The van der Waals surface area contributed by atoms with Crippen molar-refractivity contribution in [3.63, 3.8) is 0 Å². The van der Waals surface area contributed by atoms with Crippen molar-refractivity contribution in [3.8, 4) is 0 Å². The topological polar surface area (TPSA) is 64.2 Å². The van der Waals surface area contributed by atoms with Crippen LogP contribution in [0.3, 0.4) is 0 Å². The zero-order chi connectivity index (χ0) is 36.7. The zero-order valence-electron chi connectivity index (χ0n) is 30.9. The van der Waals surface area contributed by atoms with Crippen molar-refractivity contribution in [2.45, 2.75) is 84.5 Å². The van der Waals surface area contributed by atoms with E-state index in [2.05, 4.69) is 105 Å².